The zero-order valence-electron chi connectivity index (χ0n) is 13.2. The third-order valence-electron chi connectivity index (χ3n) is 4.12. The van der Waals surface area contributed by atoms with Crippen LogP contribution in [0.4, 0.5) is 10.3 Å². The first-order chi connectivity index (χ1) is 12.2. The maximum absolute atomic E-state index is 13.8. The second kappa shape index (κ2) is 6.35. The van der Waals surface area contributed by atoms with Gasteiger partial charge in [0.05, 0.1) is 12.5 Å². The molecule has 1 unspecified atom stereocenters. The predicted octanol–water partition coefficient (Wildman–Crippen LogP) is 2.93. The number of hydrogen-bond acceptors (Lipinski definition) is 4. The van der Waals surface area contributed by atoms with Crippen LogP contribution in [-0.4, -0.2) is 20.7 Å². The average molecular weight is 338 g/mol. The SMILES string of the molecule is O=C1CC(c2ccccc2OCc2ccccc2F)n2ncnc2N1. The number of carbonyl (C=O) groups excluding carboxylic acids is 1. The van der Waals surface area contributed by atoms with E-state index in [0.717, 1.165) is 5.56 Å². The van der Waals surface area contributed by atoms with Gasteiger partial charge < -0.3 is 4.74 Å². The lowest BCUT2D eigenvalue weighted by Crippen LogP contribution is -2.29. The molecule has 0 saturated carbocycles. The maximum atomic E-state index is 13.8. The average Bonchev–Trinajstić information content (AvgIpc) is 3.09. The second-order valence-electron chi connectivity index (χ2n) is 5.71. The number of benzene rings is 2. The Kier molecular flexibility index (Phi) is 3.89. The van der Waals surface area contributed by atoms with Crippen LogP contribution >= 0.6 is 0 Å². The molecule has 0 radical (unpaired) electrons. The fourth-order valence-electron chi connectivity index (χ4n) is 2.91. The van der Waals surface area contributed by atoms with Crippen LogP contribution in [0, 0.1) is 5.82 Å². The van der Waals surface area contributed by atoms with Gasteiger partial charge in [-0.25, -0.2) is 9.07 Å². The first-order valence-electron chi connectivity index (χ1n) is 7.87. The number of nitrogens with one attached hydrogen (secondary N) is 1. The summed E-state index contributed by atoms with van der Waals surface area (Å²) in [6.07, 6.45) is 1.63. The number of aromatic nitrogens is 3. The van der Waals surface area contributed by atoms with Gasteiger partial charge in [-0.3, -0.25) is 10.1 Å². The van der Waals surface area contributed by atoms with Crippen molar-refractivity contribution in [2.24, 2.45) is 0 Å². The van der Waals surface area contributed by atoms with E-state index in [1.807, 2.05) is 18.2 Å². The first kappa shape index (κ1) is 15.3. The second-order valence-corrected chi connectivity index (χ2v) is 5.71. The summed E-state index contributed by atoms with van der Waals surface area (Å²) in [5, 5.41) is 6.88. The molecule has 7 heteroatoms. The van der Waals surface area contributed by atoms with Crippen molar-refractivity contribution in [3.63, 3.8) is 0 Å². The number of carbonyl (C=O) groups is 1. The van der Waals surface area contributed by atoms with Crippen molar-refractivity contribution in [3.05, 3.63) is 71.8 Å². The molecule has 0 bridgehead atoms. The molecule has 1 aromatic heterocycles. The molecule has 1 amide bonds. The van der Waals surface area contributed by atoms with Gasteiger partial charge in [0.15, 0.2) is 0 Å². The lowest BCUT2D eigenvalue weighted by molar-refractivity contribution is -0.117. The Morgan fingerprint density at radius 2 is 2.00 bits per heavy atom. The van der Waals surface area contributed by atoms with Crippen molar-refractivity contribution in [2.45, 2.75) is 19.1 Å². The van der Waals surface area contributed by atoms with E-state index in [1.54, 1.807) is 28.9 Å². The zero-order chi connectivity index (χ0) is 17.2. The number of ether oxygens (including phenoxy) is 1. The highest BCUT2D eigenvalue weighted by molar-refractivity contribution is 5.91. The minimum absolute atomic E-state index is 0.104. The van der Waals surface area contributed by atoms with E-state index in [9.17, 15) is 9.18 Å². The van der Waals surface area contributed by atoms with Crippen LogP contribution in [0.1, 0.15) is 23.6 Å². The number of nitrogens with zero attached hydrogens (tertiary/aromatic N) is 3. The van der Waals surface area contributed by atoms with Gasteiger partial charge in [0, 0.05) is 11.1 Å². The minimum Gasteiger partial charge on any atom is -0.488 e. The molecule has 6 nitrogen and oxygen atoms in total. The summed E-state index contributed by atoms with van der Waals surface area (Å²) in [5.74, 6) is 0.557. The van der Waals surface area contributed by atoms with Gasteiger partial charge in [0.25, 0.3) is 0 Å². The smallest absolute Gasteiger partial charge is 0.229 e. The summed E-state index contributed by atoms with van der Waals surface area (Å²) in [7, 11) is 0. The van der Waals surface area contributed by atoms with Crippen LogP contribution in [0.5, 0.6) is 5.75 Å². The standard InChI is InChI=1S/C18H15FN4O2/c19-14-7-3-1-5-12(14)10-25-16-8-4-2-6-13(16)15-9-17(24)22-18-20-11-21-23(15)18/h1-8,11,15H,9-10H2,(H,20,21,22,24). The number of rotatable bonds is 4. The van der Waals surface area contributed by atoms with Crippen LogP contribution in [0.3, 0.4) is 0 Å². The van der Waals surface area contributed by atoms with Gasteiger partial charge in [-0.05, 0) is 12.1 Å². The molecule has 4 rings (SSSR count). The Morgan fingerprint density at radius 1 is 1.20 bits per heavy atom. The fourth-order valence-corrected chi connectivity index (χ4v) is 2.91. The molecule has 0 spiro atoms. The van der Waals surface area contributed by atoms with Crippen LogP contribution in [0.25, 0.3) is 0 Å². The Balaban J connectivity index is 1.64. The first-order valence-corrected chi connectivity index (χ1v) is 7.87. The summed E-state index contributed by atoms with van der Waals surface area (Å²) in [5.41, 5.74) is 1.28. The number of amides is 1. The fraction of sp³-hybridized carbons (Fsp3) is 0.167. The lowest BCUT2D eigenvalue weighted by Gasteiger charge is -2.25. The highest BCUT2D eigenvalue weighted by Crippen LogP contribution is 2.34. The number of anilines is 1. The van der Waals surface area contributed by atoms with Crippen LogP contribution in [0.15, 0.2) is 54.9 Å². The molecule has 126 valence electrons. The lowest BCUT2D eigenvalue weighted by atomic mass is 10.0. The molecule has 0 fully saturated rings. The molecule has 3 aromatic rings. The Bertz CT molecular complexity index is 925. The predicted molar refractivity (Wildman–Crippen MR) is 88.6 cm³/mol. The minimum atomic E-state index is -0.317. The Labute approximate surface area is 143 Å². The maximum Gasteiger partial charge on any atom is 0.229 e. The summed E-state index contributed by atoms with van der Waals surface area (Å²) >= 11 is 0. The van der Waals surface area contributed by atoms with Crippen LogP contribution in [0.2, 0.25) is 0 Å². The largest absolute Gasteiger partial charge is 0.488 e. The molecule has 0 saturated heterocycles. The zero-order valence-corrected chi connectivity index (χ0v) is 13.2. The van der Waals surface area contributed by atoms with Crippen LogP contribution < -0.4 is 10.1 Å². The van der Waals surface area contributed by atoms with E-state index in [2.05, 4.69) is 15.4 Å². The van der Waals surface area contributed by atoms with E-state index >= 15 is 0 Å². The van der Waals surface area contributed by atoms with Gasteiger partial charge in [-0.2, -0.15) is 10.1 Å². The molecule has 1 aliphatic heterocycles. The van der Waals surface area contributed by atoms with E-state index in [1.165, 1.54) is 12.4 Å². The van der Waals surface area contributed by atoms with Crippen molar-refractivity contribution in [1.29, 1.82) is 0 Å². The van der Waals surface area contributed by atoms with E-state index < -0.39 is 0 Å². The van der Waals surface area contributed by atoms with Gasteiger partial charge in [0.1, 0.15) is 24.5 Å². The number of fused-ring (bicyclic) bond motifs is 1. The number of halogens is 1. The highest BCUT2D eigenvalue weighted by Gasteiger charge is 2.29. The molecule has 1 atom stereocenters. The molecule has 1 aliphatic rings. The van der Waals surface area contributed by atoms with Crippen molar-refractivity contribution < 1.29 is 13.9 Å². The van der Waals surface area contributed by atoms with Crippen LogP contribution in [-0.2, 0) is 11.4 Å². The molecule has 2 heterocycles. The molecular formula is C18H15FN4O2. The Hall–Kier alpha value is -3.22. The third kappa shape index (κ3) is 2.96. The van der Waals surface area contributed by atoms with Crippen molar-refractivity contribution in [3.8, 4) is 5.75 Å². The van der Waals surface area contributed by atoms with Crippen molar-refractivity contribution in [1.82, 2.24) is 14.8 Å². The quantitative estimate of drug-likeness (QED) is 0.794. The van der Waals surface area contributed by atoms with Gasteiger partial charge >= 0.3 is 0 Å². The highest BCUT2D eigenvalue weighted by atomic mass is 19.1. The summed E-state index contributed by atoms with van der Waals surface area (Å²) in [6.45, 7) is 0.104. The molecule has 25 heavy (non-hydrogen) atoms. The van der Waals surface area contributed by atoms with Gasteiger partial charge in [0.2, 0.25) is 11.9 Å². The molecular weight excluding hydrogens is 323 g/mol. The topological polar surface area (TPSA) is 69.0 Å². The van der Waals surface area contributed by atoms with Crippen molar-refractivity contribution in [2.75, 3.05) is 5.32 Å². The Morgan fingerprint density at radius 3 is 2.88 bits per heavy atom. The van der Waals surface area contributed by atoms with Gasteiger partial charge in [-0.15, -0.1) is 0 Å². The molecule has 2 aromatic carbocycles. The number of para-hydroxylation sites is 1. The monoisotopic (exact) mass is 338 g/mol. The summed E-state index contributed by atoms with van der Waals surface area (Å²) in [4.78, 5) is 16.0. The molecule has 1 N–H and O–H groups in total. The van der Waals surface area contributed by atoms with E-state index in [-0.39, 0.29) is 30.8 Å². The van der Waals surface area contributed by atoms with E-state index in [0.29, 0.717) is 17.3 Å². The third-order valence-corrected chi connectivity index (χ3v) is 4.12. The normalized spacial score (nSPS) is 16.2. The molecule has 0 aliphatic carbocycles. The summed E-state index contributed by atoms with van der Waals surface area (Å²) in [6, 6.07) is 13.6. The van der Waals surface area contributed by atoms with Crippen molar-refractivity contribution >= 4 is 11.9 Å². The van der Waals surface area contributed by atoms with E-state index in [4.69, 9.17) is 4.74 Å². The summed E-state index contributed by atoms with van der Waals surface area (Å²) < 4.78 is 21.3. The number of hydrogen-bond donors (Lipinski definition) is 1. The van der Waals surface area contributed by atoms with Gasteiger partial charge in [-0.1, -0.05) is 36.4 Å².